The summed E-state index contributed by atoms with van der Waals surface area (Å²) in [5.74, 6) is 0.0259. The van der Waals surface area contributed by atoms with E-state index in [-0.39, 0.29) is 11.3 Å². The maximum absolute atomic E-state index is 12.2. The lowest BCUT2D eigenvalue weighted by molar-refractivity contribution is -0.126. The predicted molar refractivity (Wildman–Crippen MR) is 67.9 cm³/mol. The molecular formula is C12H15N3OS. The molecule has 0 aromatic carbocycles. The maximum atomic E-state index is 12.2. The number of carbonyl (C=O) groups is 1. The third-order valence-electron chi connectivity index (χ3n) is 3.27. The van der Waals surface area contributed by atoms with Crippen molar-refractivity contribution in [3.05, 3.63) is 17.0 Å². The van der Waals surface area contributed by atoms with Crippen molar-refractivity contribution >= 4 is 22.2 Å². The number of nitriles is 1. The number of nitrogens with one attached hydrogen (secondary N) is 2. The quantitative estimate of drug-likeness (QED) is 0.842. The lowest BCUT2D eigenvalue weighted by Gasteiger charge is -2.32. The van der Waals surface area contributed by atoms with Gasteiger partial charge in [-0.25, -0.2) is 0 Å². The Hall–Kier alpha value is -1.38. The summed E-state index contributed by atoms with van der Waals surface area (Å²) in [6.07, 6.45) is 1.68. The minimum atomic E-state index is -0.317. The number of hydrogen-bond acceptors (Lipinski definition) is 4. The van der Waals surface area contributed by atoms with Crippen molar-refractivity contribution in [1.82, 2.24) is 5.32 Å². The number of carbonyl (C=O) groups excluding carboxylic acids is 1. The summed E-state index contributed by atoms with van der Waals surface area (Å²) in [6, 6.07) is 3.81. The third-order valence-corrected chi connectivity index (χ3v) is 4.10. The summed E-state index contributed by atoms with van der Waals surface area (Å²) >= 11 is 1.40. The molecule has 1 aromatic rings. The number of piperidine rings is 1. The molecule has 0 radical (unpaired) electrons. The van der Waals surface area contributed by atoms with E-state index in [1.54, 1.807) is 6.07 Å². The summed E-state index contributed by atoms with van der Waals surface area (Å²) in [5.41, 5.74) is 0.225. The normalized spacial score (nSPS) is 18.4. The van der Waals surface area contributed by atoms with Crippen LogP contribution in [0.15, 0.2) is 11.4 Å². The van der Waals surface area contributed by atoms with Crippen LogP contribution >= 0.6 is 11.3 Å². The molecule has 1 amide bonds. The van der Waals surface area contributed by atoms with Gasteiger partial charge in [0.1, 0.15) is 11.1 Å². The van der Waals surface area contributed by atoms with Gasteiger partial charge in [0.15, 0.2) is 0 Å². The molecule has 2 rings (SSSR count). The molecule has 1 saturated heterocycles. The minimum Gasteiger partial charge on any atom is -0.317 e. The van der Waals surface area contributed by atoms with E-state index in [1.165, 1.54) is 11.3 Å². The zero-order valence-electron chi connectivity index (χ0n) is 9.75. The first-order valence-electron chi connectivity index (χ1n) is 5.65. The van der Waals surface area contributed by atoms with Gasteiger partial charge >= 0.3 is 0 Å². The lowest BCUT2D eigenvalue weighted by Crippen LogP contribution is -2.42. The fourth-order valence-corrected chi connectivity index (χ4v) is 2.69. The number of thiophene rings is 1. The number of hydrogen-bond donors (Lipinski definition) is 2. The molecule has 0 unspecified atom stereocenters. The Balaban J connectivity index is 2.09. The first-order chi connectivity index (χ1) is 8.15. The average Bonchev–Trinajstić information content (AvgIpc) is 2.77. The number of nitrogens with zero attached hydrogens (tertiary/aromatic N) is 1. The van der Waals surface area contributed by atoms with Gasteiger partial charge in [-0.05, 0) is 37.4 Å². The Bertz CT molecular complexity index is 455. The van der Waals surface area contributed by atoms with Gasteiger partial charge in [0.2, 0.25) is 5.91 Å². The number of anilines is 1. The molecule has 0 aliphatic carbocycles. The van der Waals surface area contributed by atoms with Crippen LogP contribution in [0.1, 0.15) is 25.3 Å². The van der Waals surface area contributed by atoms with Crippen molar-refractivity contribution in [2.45, 2.75) is 19.8 Å². The monoisotopic (exact) mass is 249 g/mol. The molecular weight excluding hydrogens is 234 g/mol. The van der Waals surface area contributed by atoms with Gasteiger partial charge in [0.05, 0.1) is 5.56 Å². The van der Waals surface area contributed by atoms with Crippen molar-refractivity contribution < 1.29 is 4.79 Å². The van der Waals surface area contributed by atoms with Crippen LogP contribution in [0.4, 0.5) is 5.00 Å². The molecule has 2 heterocycles. The molecule has 90 valence electrons. The Morgan fingerprint density at radius 3 is 2.94 bits per heavy atom. The lowest BCUT2D eigenvalue weighted by atomic mass is 9.80. The SMILES string of the molecule is CC1(C(=O)Nc2sccc2C#N)CCNCC1. The van der Waals surface area contributed by atoms with Gasteiger partial charge in [-0.15, -0.1) is 11.3 Å². The van der Waals surface area contributed by atoms with Gasteiger partial charge in [0.25, 0.3) is 0 Å². The van der Waals surface area contributed by atoms with Crippen LogP contribution in [-0.2, 0) is 4.79 Å². The van der Waals surface area contributed by atoms with Crippen LogP contribution in [0.2, 0.25) is 0 Å². The second-order valence-corrected chi connectivity index (χ2v) is 5.46. The van der Waals surface area contributed by atoms with E-state index in [0.29, 0.717) is 10.6 Å². The molecule has 17 heavy (non-hydrogen) atoms. The van der Waals surface area contributed by atoms with Crippen LogP contribution < -0.4 is 10.6 Å². The molecule has 5 heteroatoms. The third kappa shape index (κ3) is 2.48. The van der Waals surface area contributed by atoms with E-state index in [4.69, 9.17) is 5.26 Å². The molecule has 0 spiro atoms. The number of amides is 1. The molecule has 1 aliphatic rings. The summed E-state index contributed by atoms with van der Waals surface area (Å²) in [5, 5.41) is 17.5. The summed E-state index contributed by atoms with van der Waals surface area (Å²) in [4.78, 5) is 12.2. The van der Waals surface area contributed by atoms with Crippen LogP contribution in [-0.4, -0.2) is 19.0 Å². The first kappa shape index (κ1) is 12.1. The zero-order valence-corrected chi connectivity index (χ0v) is 10.6. The van der Waals surface area contributed by atoms with Crippen LogP contribution in [0.25, 0.3) is 0 Å². The van der Waals surface area contributed by atoms with Crippen LogP contribution in [0, 0.1) is 16.7 Å². The van der Waals surface area contributed by atoms with Crippen molar-refractivity contribution in [2.24, 2.45) is 5.41 Å². The van der Waals surface area contributed by atoms with E-state index < -0.39 is 0 Å². The van der Waals surface area contributed by atoms with E-state index in [1.807, 2.05) is 12.3 Å². The summed E-state index contributed by atoms with van der Waals surface area (Å²) < 4.78 is 0. The van der Waals surface area contributed by atoms with Crippen molar-refractivity contribution in [2.75, 3.05) is 18.4 Å². The molecule has 1 aromatic heterocycles. The molecule has 1 fully saturated rings. The molecule has 1 aliphatic heterocycles. The molecule has 4 nitrogen and oxygen atoms in total. The summed E-state index contributed by atoms with van der Waals surface area (Å²) in [6.45, 7) is 3.74. The standard InChI is InChI=1S/C12H15N3OS/c1-12(3-5-14-6-4-12)11(16)15-10-9(8-13)2-7-17-10/h2,7,14H,3-6H2,1H3,(H,15,16). The Morgan fingerprint density at radius 2 is 2.29 bits per heavy atom. The molecule has 0 atom stereocenters. The van der Waals surface area contributed by atoms with Crippen LogP contribution in [0.5, 0.6) is 0 Å². The van der Waals surface area contributed by atoms with Gasteiger partial charge < -0.3 is 10.6 Å². The first-order valence-corrected chi connectivity index (χ1v) is 6.53. The fourth-order valence-electron chi connectivity index (χ4n) is 1.95. The van der Waals surface area contributed by atoms with Crippen molar-refractivity contribution in [3.63, 3.8) is 0 Å². The highest BCUT2D eigenvalue weighted by Crippen LogP contribution is 2.31. The summed E-state index contributed by atoms with van der Waals surface area (Å²) in [7, 11) is 0. The molecule has 0 saturated carbocycles. The maximum Gasteiger partial charge on any atom is 0.231 e. The largest absolute Gasteiger partial charge is 0.317 e. The second kappa shape index (κ2) is 4.86. The smallest absolute Gasteiger partial charge is 0.231 e. The topological polar surface area (TPSA) is 64.9 Å². The Labute approximate surface area is 105 Å². The van der Waals surface area contributed by atoms with E-state index in [9.17, 15) is 4.79 Å². The number of rotatable bonds is 2. The fraction of sp³-hybridized carbons (Fsp3) is 0.500. The van der Waals surface area contributed by atoms with Gasteiger partial charge in [0, 0.05) is 5.41 Å². The van der Waals surface area contributed by atoms with Gasteiger partial charge in [-0.2, -0.15) is 5.26 Å². The zero-order chi connectivity index (χ0) is 12.3. The Kier molecular flexibility index (Phi) is 3.46. The van der Waals surface area contributed by atoms with Crippen LogP contribution in [0.3, 0.4) is 0 Å². The minimum absolute atomic E-state index is 0.0259. The predicted octanol–water partition coefficient (Wildman–Crippen LogP) is 1.95. The van der Waals surface area contributed by atoms with E-state index >= 15 is 0 Å². The highest BCUT2D eigenvalue weighted by molar-refractivity contribution is 7.14. The second-order valence-electron chi connectivity index (χ2n) is 4.54. The highest BCUT2D eigenvalue weighted by Gasteiger charge is 2.34. The van der Waals surface area contributed by atoms with E-state index in [2.05, 4.69) is 16.7 Å². The van der Waals surface area contributed by atoms with E-state index in [0.717, 1.165) is 25.9 Å². The van der Waals surface area contributed by atoms with Gasteiger partial charge in [-0.3, -0.25) is 4.79 Å². The van der Waals surface area contributed by atoms with Crippen molar-refractivity contribution in [1.29, 1.82) is 5.26 Å². The highest BCUT2D eigenvalue weighted by atomic mass is 32.1. The average molecular weight is 249 g/mol. The molecule has 2 N–H and O–H groups in total. The van der Waals surface area contributed by atoms with Crippen molar-refractivity contribution in [3.8, 4) is 6.07 Å². The van der Waals surface area contributed by atoms with Gasteiger partial charge in [-0.1, -0.05) is 6.92 Å². The molecule has 0 bridgehead atoms. The Morgan fingerprint density at radius 1 is 1.59 bits per heavy atom.